The number of aromatic nitrogens is 2. The SMILES string of the molecule is C[C@@H]1CN(c2nc(C3CC3)c(Nc3ccnc(Cl)c3)cc2C(=O)O)CCN1C(=O)CCO. The van der Waals surface area contributed by atoms with E-state index < -0.39 is 5.97 Å². The van der Waals surface area contributed by atoms with Crippen LogP contribution >= 0.6 is 11.6 Å². The van der Waals surface area contributed by atoms with E-state index in [0.29, 0.717) is 42.0 Å². The normalized spacial score (nSPS) is 18.5. The van der Waals surface area contributed by atoms with Crippen LogP contribution in [0.2, 0.25) is 5.15 Å². The van der Waals surface area contributed by atoms with Gasteiger partial charge in [-0.15, -0.1) is 0 Å². The molecule has 9 nitrogen and oxygen atoms in total. The summed E-state index contributed by atoms with van der Waals surface area (Å²) in [5, 5.41) is 22.6. The molecule has 2 aliphatic rings. The quantitative estimate of drug-likeness (QED) is 0.541. The van der Waals surface area contributed by atoms with E-state index >= 15 is 0 Å². The van der Waals surface area contributed by atoms with E-state index in [9.17, 15) is 14.7 Å². The Hall–Kier alpha value is -2.91. The van der Waals surface area contributed by atoms with Gasteiger partial charge in [0.1, 0.15) is 16.5 Å². The molecule has 0 unspecified atom stereocenters. The fraction of sp³-hybridized carbons (Fsp3) is 0.455. The van der Waals surface area contributed by atoms with Crippen molar-refractivity contribution in [2.24, 2.45) is 0 Å². The third-order valence-corrected chi connectivity index (χ3v) is 6.01. The number of carboxylic acids is 1. The molecular formula is C22H26ClN5O4. The highest BCUT2D eigenvalue weighted by atomic mass is 35.5. The largest absolute Gasteiger partial charge is 0.478 e. The van der Waals surface area contributed by atoms with Crippen LogP contribution in [0, 0.1) is 0 Å². The van der Waals surface area contributed by atoms with Gasteiger partial charge in [-0.2, -0.15) is 0 Å². The van der Waals surface area contributed by atoms with Crippen molar-refractivity contribution in [1.29, 1.82) is 0 Å². The number of piperazine rings is 1. The third-order valence-electron chi connectivity index (χ3n) is 5.80. The number of carbonyl (C=O) groups is 2. The molecule has 3 N–H and O–H groups in total. The summed E-state index contributed by atoms with van der Waals surface area (Å²) in [6.45, 7) is 3.15. The summed E-state index contributed by atoms with van der Waals surface area (Å²) in [5.74, 6) is -0.447. The van der Waals surface area contributed by atoms with Gasteiger partial charge in [0, 0.05) is 49.9 Å². The topological polar surface area (TPSA) is 119 Å². The van der Waals surface area contributed by atoms with Crippen LogP contribution in [-0.2, 0) is 4.79 Å². The number of anilines is 3. The Morgan fingerprint density at radius 1 is 1.28 bits per heavy atom. The van der Waals surface area contributed by atoms with Gasteiger partial charge >= 0.3 is 5.97 Å². The van der Waals surface area contributed by atoms with E-state index in [-0.39, 0.29) is 36.5 Å². The van der Waals surface area contributed by atoms with Gasteiger partial charge in [-0.25, -0.2) is 14.8 Å². The van der Waals surface area contributed by atoms with Gasteiger partial charge in [-0.1, -0.05) is 11.6 Å². The number of hydrogen-bond acceptors (Lipinski definition) is 7. The number of hydrogen-bond donors (Lipinski definition) is 3. The van der Waals surface area contributed by atoms with Crippen molar-refractivity contribution in [3.63, 3.8) is 0 Å². The molecule has 1 aliphatic heterocycles. The monoisotopic (exact) mass is 459 g/mol. The third kappa shape index (κ3) is 4.78. The number of carbonyl (C=O) groups excluding carboxylic acids is 1. The van der Waals surface area contributed by atoms with Gasteiger partial charge in [0.15, 0.2) is 0 Å². The van der Waals surface area contributed by atoms with Crippen molar-refractivity contribution in [2.75, 3.05) is 36.5 Å². The highest BCUT2D eigenvalue weighted by Gasteiger charge is 2.34. The van der Waals surface area contributed by atoms with Crippen LogP contribution < -0.4 is 10.2 Å². The van der Waals surface area contributed by atoms with Crippen molar-refractivity contribution >= 4 is 40.7 Å². The summed E-state index contributed by atoms with van der Waals surface area (Å²) in [6.07, 6.45) is 3.68. The molecule has 32 heavy (non-hydrogen) atoms. The van der Waals surface area contributed by atoms with E-state index in [2.05, 4.69) is 10.3 Å². The predicted octanol–water partition coefficient (Wildman–Crippen LogP) is 2.87. The maximum Gasteiger partial charge on any atom is 0.339 e. The zero-order chi connectivity index (χ0) is 22.8. The van der Waals surface area contributed by atoms with Gasteiger partial charge in [-0.05, 0) is 38.0 Å². The number of amides is 1. The number of halogens is 1. The number of nitrogens with one attached hydrogen (secondary N) is 1. The number of carboxylic acid groups (broad SMARTS) is 1. The number of aromatic carboxylic acids is 1. The number of nitrogens with zero attached hydrogens (tertiary/aromatic N) is 4. The lowest BCUT2D eigenvalue weighted by Gasteiger charge is -2.41. The highest BCUT2D eigenvalue weighted by Crippen LogP contribution is 2.44. The zero-order valence-electron chi connectivity index (χ0n) is 17.8. The summed E-state index contributed by atoms with van der Waals surface area (Å²) >= 11 is 5.99. The molecule has 0 spiro atoms. The maximum atomic E-state index is 12.2. The molecule has 0 aromatic carbocycles. The van der Waals surface area contributed by atoms with Crippen LogP contribution in [-0.4, -0.2) is 69.2 Å². The molecular weight excluding hydrogens is 434 g/mol. The first kappa shape index (κ1) is 22.3. The van der Waals surface area contributed by atoms with Gasteiger partial charge in [-0.3, -0.25) is 4.79 Å². The first-order chi connectivity index (χ1) is 15.4. The Morgan fingerprint density at radius 2 is 2.06 bits per heavy atom. The maximum absolute atomic E-state index is 12.2. The molecule has 1 amide bonds. The molecule has 1 saturated carbocycles. The van der Waals surface area contributed by atoms with Gasteiger partial charge in [0.25, 0.3) is 0 Å². The van der Waals surface area contributed by atoms with Crippen molar-refractivity contribution in [1.82, 2.24) is 14.9 Å². The number of aliphatic hydroxyl groups is 1. The summed E-state index contributed by atoms with van der Waals surface area (Å²) in [7, 11) is 0. The minimum absolute atomic E-state index is 0.0915. The Labute approximate surface area is 191 Å². The van der Waals surface area contributed by atoms with Crippen molar-refractivity contribution in [3.8, 4) is 0 Å². The predicted molar refractivity (Wildman–Crippen MR) is 121 cm³/mol. The Bertz CT molecular complexity index is 1030. The first-order valence-electron chi connectivity index (χ1n) is 10.7. The van der Waals surface area contributed by atoms with Crippen LogP contribution in [0.15, 0.2) is 24.4 Å². The Balaban J connectivity index is 1.65. The van der Waals surface area contributed by atoms with Crippen LogP contribution in [0.4, 0.5) is 17.2 Å². The lowest BCUT2D eigenvalue weighted by atomic mass is 10.1. The van der Waals surface area contributed by atoms with Crippen molar-refractivity contribution in [3.05, 3.63) is 40.8 Å². The van der Waals surface area contributed by atoms with Crippen LogP contribution in [0.1, 0.15) is 48.2 Å². The first-order valence-corrected chi connectivity index (χ1v) is 11.1. The van der Waals surface area contributed by atoms with Crippen LogP contribution in [0.5, 0.6) is 0 Å². The van der Waals surface area contributed by atoms with E-state index in [0.717, 1.165) is 18.5 Å². The molecule has 1 atom stereocenters. The second-order valence-electron chi connectivity index (χ2n) is 8.22. The summed E-state index contributed by atoms with van der Waals surface area (Å²) < 4.78 is 0. The smallest absolute Gasteiger partial charge is 0.339 e. The number of rotatable bonds is 7. The minimum Gasteiger partial charge on any atom is -0.478 e. The van der Waals surface area contributed by atoms with E-state index in [1.54, 1.807) is 29.3 Å². The van der Waals surface area contributed by atoms with E-state index in [1.807, 2.05) is 11.8 Å². The lowest BCUT2D eigenvalue weighted by molar-refractivity contribution is -0.134. The standard InChI is InChI=1S/C22H26ClN5O4/c1-13-12-27(7-8-28(13)19(30)5-9-29)21-16(22(31)32)11-17(20(26-21)14-2-3-14)25-15-4-6-24-18(23)10-15/h4,6,10-11,13-14,29H,2-3,5,7-9,12H2,1H3,(H,24,25)(H,31,32)/t13-/m1/s1. The fourth-order valence-corrected chi connectivity index (χ4v) is 4.25. The molecule has 3 heterocycles. The minimum atomic E-state index is -1.06. The molecule has 0 bridgehead atoms. The van der Waals surface area contributed by atoms with Gasteiger partial charge < -0.3 is 25.3 Å². The van der Waals surface area contributed by atoms with E-state index in [4.69, 9.17) is 21.7 Å². The molecule has 2 aromatic heterocycles. The molecule has 2 fully saturated rings. The second-order valence-corrected chi connectivity index (χ2v) is 8.61. The van der Waals surface area contributed by atoms with Crippen molar-refractivity contribution in [2.45, 2.75) is 38.1 Å². The summed E-state index contributed by atoms with van der Waals surface area (Å²) in [6, 6.07) is 4.96. The van der Waals surface area contributed by atoms with Crippen molar-refractivity contribution < 1.29 is 19.8 Å². The molecule has 2 aromatic rings. The molecule has 4 rings (SSSR count). The van der Waals surface area contributed by atoms with Gasteiger partial charge in [0.2, 0.25) is 5.91 Å². The number of pyridine rings is 2. The Kier molecular flexibility index (Phi) is 6.48. The fourth-order valence-electron chi connectivity index (χ4n) is 4.08. The molecule has 1 saturated heterocycles. The molecule has 1 aliphatic carbocycles. The molecule has 10 heteroatoms. The zero-order valence-corrected chi connectivity index (χ0v) is 18.5. The summed E-state index contributed by atoms with van der Waals surface area (Å²) in [4.78, 5) is 36.9. The summed E-state index contributed by atoms with van der Waals surface area (Å²) in [5.41, 5.74) is 2.31. The number of aliphatic hydroxyl groups excluding tert-OH is 1. The Morgan fingerprint density at radius 3 is 2.69 bits per heavy atom. The average Bonchev–Trinajstić information content (AvgIpc) is 3.59. The second kappa shape index (κ2) is 9.30. The van der Waals surface area contributed by atoms with E-state index in [1.165, 1.54) is 0 Å². The highest BCUT2D eigenvalue weighted by molar-refractivity contribution is 6.29. The molecule has 0 radical (unpaired) electrons. The van der Waals surface area contributed by atoms with Crippen LogP contribution in [0.3, 0.4) is 0 Å². The van der Waals surface area contributed by atoms with Gasteiger partial charge in [0.05, 0.1) is 18.0 Å². The molecule has 170 valence electrons. The lowest BCUT2D eigenvalue weighted by Crippen LogP contribution is -2.54. The van der Waals surface area contributed by atoms with Crippen LogP contribution in [0.25, 0.3) is 0 Å². The average molecular weight is 460 g/mol.